The number of piperidine rings is 1. The summed E-state index contributed by atoms with van der Waals surface area (Å²) in [5.41, 5.74) is 4.49. The van der Waals surface area contributed by atoms with Gasteiger partial charge in [-0.2, -0.15) is 0 Å². The van der Waals surface area contributed by atoms with Crippen LogP contribution in [0.3, 0.4) is 0 Å². The molecule has 0 unspecified atom stereocenters. The number of nitrogens with zero attached hydrogens (tertiary/aromatic N) is 2. The maximum atomic E-state index is 13.5. The number of benzene rings is 1. The molecule has 0 bridgehead atoms. The number of hydrogen-bond acceptors (Lipinski definition) is 3. The van der Waals surface area contributed by atoms with E-state index in [1.807, 2.05) is 19.2 Å². The molecule has 4 nitrogen and oxygen atoms in total. The van der Waals surface area contributed by atoms with Gasteiger partial charge in [0.1, 0.15) is 5.54 Å². The van der Waals surface area contributed by atoms with Gasteiger partial charge in [0.25, 0.3) is 0 Å². The molecule has 1 aromatic heterocycles. The molecule has 0 saturated carbocycles. The molecule has 1 aliphatic heterocycles. The normalized spacial score (nSPS) is 19.1. The van der Waals surface area contributed by atoms with Crippen LogP contribution in [0.4, 0.5) is 0 Å². The second-order valence-corrected chi connectivity index (χ2v) is 7.69. The van der Waals surface area contributed by atoms with Gasteiger partial charge in [-0.1, -0.05) is 30.7 Å². The lowest BCUT2D eigenvalue weighted by Gasteiger charge is -2.42. The second kappa shape index (κ2) is 7.20. The summed E-state index contributed by atoms with van der Waals surface area (Å²) in [5, 5.41) is 3.25. The van der Waals surface area contributed by atoms with Gasteiger partial charge >= 0.3 is 0 Å². The quantitative estimate of drug-likeness (QED) is 0.923. The highest BCUT2D eigenvalue weighted by Crippen LogP contribution is 2.36. The Labute approximate surface area is 155 Å². The van der Waals surface area contributed by atoms with E-state index in [4.69, 9.17) is 0 Å². The van der Waals surface area contributed by atoms with Crippen LogP contribution in [0.5, 0.6) is 0 Å². The number of carbonyl (C=O) groups is 1. The third kappa shape index (κ3) is 3.14. The highest BCUT2D eigenvalue weighted by Gasteiger charge is 2.48. The minimum atomic E-state index is -0.426. The molecule has 26 heavy (non-hydrogen) atoms. The van der Waals surface area contributed by atoms with Crippen molar-refractivity contribution in [3.05, 3.63) is 65.0 Å². The third-order valence-corrected chi connectivity index (χ3v) is 6.04. The molecule has 0 radical (unpaired) electrons. The zero-order valence-corrected chi connectivity index (χ0v) is 15.5. The topological polar surface area (TPSA) is 45.2 Å². The minimum absolute atomic E-state index is 0.173. The van der Waals surface area contributed by atoms with Gasteiger partial charge in [0.15, 0.2) is 0 Å². The van der Waals surface area contributed by atoms with Gasteiger partial charge in [-0.3, -0.25) is 14.7 Å². The number of pyridine rings is 1. The largest absolute Gasteiger partial charge is 0.350 e. The maximum absolute atomic E-state index is 13.5. The standard InChI is InChI=1S/C22H27N3O/c1-17-15-23-10-9-20(17)16-24-21(26)22(25-11-5-2-6-12-25)13-18-7-3-4-8-19(18)14-22/h3-4,7-10,15H,2,5-6,11-14,16H2,1H3,(H,24,26). The summed E-state index contributed by atoms with van der Waals surface area (Å²) in [7, 11) is 0. The van der Waals surface area contributed by atoms with Crippen LogP contribution in [0.25, 0.3) is 0 Å². The fourth-order valence-corrected chi connectivity index (χ4v) is 4.49. The second-order valence-electron chi connectivity index (χ2n) is 7.69. The van der Waals surface area contributed by atoms with Gasteiger partial charge in [0.05, 0.1) is 0 Å². The zero-order valence-electron chi connectivity index (χ0n) is 15.5. The van der Waals surface area contributed by atoms with E-state index >= 15 is 0 Å². The van der Waals surface area contributed by atoms with Gasteiger partial charge in [-0.25, -0.2) is 0 Å². The van der Waals surface area contributed by atoms with Crippen LogP contribution in [-0.2, 0) is 24.2 Å². The number of fused-ring (bicyclic) bond motifs is 1. The van der Waals surface area contributed by atoms with Crippen molar-refractivity contribution in [3.8, 4) is 0 Å². The fraction of sp³-hybridized carbons (Fsp3) is 0.455. The van der Waals surface area contributed by atoms with E-state index in [-0.39, 0.29) is 5.91 Å². The number of amides is 1. The van der Waals surface area contributed by atoms with E-state index < -0.39 is 5.54 Å². The van der Waals surface area contributed by atoms with Crippen molar-refractivity contribution in [2.45, 2.75) is 51.1 Å². The highest BCUT2D eigenvalue weighted by atomic mass is 16.2. The van der Waals surface area contributed by atoms with Crippen LogP contribution in [0.1, 0.15) is 41.5 Å². The first-order valence-electron chi connectivity index (χ1n) is 9.69. The van der Waals surface area contributed by atoms with Crippen LogP contribution in [0.15, 0.2) is 42.7 Å². The van der Waals surface area contributed by atoms with Crippen LogP contribution in [0.2, 0.25) is 0 Å². The van der Waals surface area contributed by atoms with E-state index in [1.165, 1.54) is 30.4 Å². The molecular formula is C22H27N3O. The summed E-state index contributed by atoms with van der Waals surface area (Å²) in [6.45, 7) is 4.66. The predicted molar refractivity (Wildman–Crippen MR) is 103 cm³/mol. The molecule has 2 aromatic rings. The van der Waals surface area contributed by atoms with Crippen LogP contribution < -0.4 is 5.32 Å². The first-order chi connectivity index (χ1) is 12.7. The monoisotopic (exact) mass is 349 g/mol. The van der Waals surface area contributed by atoms with Crippen LogP contribution in [-0.4, -0.2) is 34.4 Å². The summed E-state index contributed by atoms with van der Waals surface area (Å²) in [4.78, 5) is 20.0. The van der Waals surface area contributed by atoms with Crippen molar-refractivity contribution >= 4 is 5.91 Å². The van der Waals surface area contributed by atoms with E-state index in [2.05, 4.69) is 39.5 Å². The van der Waals surface area contributed by atoms with Crippen LogP contribution >= 0.6 is 0 Å². The third-order valence-electron chi connectivity index (χ3n) is 6.04. The molecule has 1 aliphatic carbocycles. The average Bonchev–Trinajstić information content (AvgIpc) is 3.09. The van der Waals surface area contributed by atoms with Crippen molar-refractivity contribution in [2.24, 2.45) is 0 Å². The SMILES string of the molecule is Cc1cnccc1CNC(=O)C1(N2CCCCC2)Cc2ccccc2C1. The number of carbonyl (C=O) groups excluding carboxylic acids is 1. The summed E-state index contributed by atoms with van der Waals surface area (Å²) in [6, 6.07) is 10.5. The Kier molecular flexibility index (Phi) is 4.77. The van der Waals surface area contributed by atoms with Gasteiger partial charge in [0, 0.05) is 31.8 Å². The Balaban J connectivity index is 1.57. The lowest BCUT2D eigenvalue weighted by Crippen LogP contribution is -2.60. The smallest absolute Gasteiger partial charge is 0.241 e. The van der Waals surface area contributed by atoms with Crippen molar-refractivity contribution in [1.29, 1.82) is 0 Å². The maximum Gasteiger partial charge on any atom is 0.241 e. The van der Waals surface area contributed by atoms with Gasteiger partial charge in [0.2, 0.25) is 5.91 Å². The van der Waals surface area contributed by atoms with E-state index in [1.54, 1.807) is 6.20 Å². The summed E-state index contributed by atoms with van der Waals surface area (Å²) in [5.74, 6) is 0.173. The molecule has 2 heterocycles. The van der Waals surface area contributed by atoms with Crippen molar-refractivity contribution < 1.29 is 4.79 Å². The Bertz CT molecular complexity index is 770. The summed E-state index contributed by atoms with van der Waals surface area (Å²) in [6.07, 6.45) is 8.95. The number of nitrogens with one attached hydrogen (secondary N) is 1. The predicted octanol–water partition coefficient (Wildman–Crippen LogP) is 3.03. The van der Waals surface area contributed by atoms with Gasteiger partial charge in [-0.05, 0) is 61.2 Å². The number of likely N-dealkylation sites (tertiary alicyclic amines) is 1. The van der Waals surface area contributed by atoms with Crippen LogP contribution in [0, 0.1) is 6.92 Å². The molecule has 0 spiro atoms. The minimum Gasteiger partial charge on any atom is -0.350 e. The molecule has 0 atom stereocenters. The number of rotatable bonds is 4. The first-order valence-corrected chi connectivity index (χ1v) is 9.69. The molecule has 4 heteroatoms. The lowest BCUT2D eigenvalue weighted by molar-refractivity contribution is -0.134. The molecule has 1 aromatic carbocycles. The Morgan fingerprint density at radius 1 is 1.12 bits per heavy atom. The molecular weight excluding hydrogens is 322 g/mol. The molecule has 4 rings (SSSR count). The first kappa shape index (κ1) is 17.2. The molecule has 1 fully saturated rings. The Hall–Kier alpha value is -2.20. The lowest BCUT2D eigenvalue weighted by atomic mass is 9.89. The van der Waals surface area contributed by atoms with Gasteiger partial charge < -0.3 is 5.32 Å². The van der Waals surface area contributed by atoms with Crippen molar-refractivity contribution in [2.75, 3.05) is 13.1 Å². The Morgan fingerprint density at radius 3 is 2.46 bits per heavy atom. The molecule has 136 valence electrons. The van der Waals surface area contributed by atoms with E-state index in [9.17, 15) is 4.79 Å². The number of hydrogen-bond donors (Lipinski definition) is 1. The number of aryl methyl sites for hydroxylation is 1. The number of aromatic nitrogens is 1. The molecule has 1 amide bonds. The average molecular weight is 349 g/mol. The van der Waals surface area contributed by atoms with E-state index in [0.29, 0.717) is 6.54 Å². The zero-order chi connectivity index (χ0) is 18.0. The van der Waals surface area contributed by atoms with Crippen molar-refractivity contribution in [3.63, 3.8) is 0 Å². The summed E-state index contributed by atoms with van der Waals surface area (Å²) < 4.78 is 0. The molecule has 1 N–H and O–H groups in total. The van der Waals surface area contributed by atoms with E-state index in [0.717, 1.165) is 37.1 Å². The summed E-state index contributed by atoms with van der Waals surface area (Å²) >= 11 is 0. The molecule has 1 saturated heterocycles. The van der Waals surface area contributed by atoms with Gasteiger partial charge in [-0.15, -0.1) is 0 Å². The molecule has 2 aliphatic rings. The Morgan fingerprint density at radius 2 is 1.81 bits per heavy atom. The fourth-order valence-electron chi connectivity index (χ4n) is 4.49. The highest BCUT2D eigenvalue weighted by molar-refractivity contribution is 5.88. The van der Waals surface area contributed by atoms with Crippen molar-refractivity contribution in [1.82, 2.24) is 15.2 Å².